The number of fused-ring (bicyclic) bond motifs is 1. The maximum atomic E-state index is 13.6. The number of thiophene rings is 1. The van der Waals surface area contributed by atoms with Crippen LogP contribution in [0.5, 0.6) is 0 Å². The summed E-state index contributed by atoms with van der Waals surface area (Å²) in [6, 6.07) is 3.03. The number of rotatable bonds is 7. The zero-order chi connectivity index (χ0) is 27.4. The second kappa shape index (κ2) is 11.6. The Labute approximate surface area is 226 Å². The number of likely N-dealkylation sites (tertiary alicyclic amines) is 1. The van der Waals surface area contributed by atoms with Crippen molar-refractivity contribution >= 4 is 39.5 Å². The van der Waals surface area contributed by atoms with Gasteiger partial charge in [-0.1, -0.05) is 0 Å². The Morgan fingerprint density at radius 1 is 1.21 bits per heavy atom. The van der Waals surface area contributed by atoms with Crippen LogP contribution >= 0.6 is 11.3 Å². The number of halogens is 1. The van der Waals surface area contributed by atoms with Gasteiger partial charge in [0.2, 0.25) is 5.95 Å². The van der Waals surface area contributed by atoms with Gasteiger partial charge in [-0.15, -0.1) is 11.3 Å². The third-order valence-electron chi connectivity index (χ3n) is 6.39. The van der Waals surface area contributed by atoms with E-state index >= 15 is 0 Å². The zero-order valence-corrected chi connectivity index (χ0v) is 23.3. The number of carbonyl (C=O) groups is 2. The van der Waals surface area contributed by atoms with Gasteiger partial charge in [0.05, 0.1) is 22.5 Å². The molecule has 1 aliphatic rings. The third-order valence-corrected chi connectivity index (χ3v) is 7.43. The fraction of sp³-hybridized carbons (Fsp3) is 0.519. The van der Waals surface area contributed by atoms with Gasteiger partial charge in [-0.25, -0.2) is 19.2 Å². The predicted octanol–water partition coefficient (Wildman–Crippen LogP) is 5.47. The van der Waals surface area contributed by atoms with Crippen LogP contribution < -0.4 is 10.6 Å². The Balaban J connectivity index is 1.36. The van der Waals surface area contributed by atoms with Crippen molar-refractivity contribution in [2.45, 2.75) is 65.5 Å². The van der Waals surface area contributed by atoms with Crippen molar-refractivity contribution in [2.24, 2.45) is 5.92 Å². The molecule has 204 valence electrons. The number of piperidine rings is 1. The molecule has 1 fully saturated rings. The van der Waals surface area contributed by atoms with Gasteiger partial charge in [-0.2, -0.15) is 0 Å². The van der Waals surface area contributed by atoms with Crippen LogP contribution in [0.15, 0.2) is 24.5 Å². The summed E-state index contributed by atoms with van der Waals surface area (Å²) in [5, 5.41) is 6.19. The van der Waals surface area contributed by atoms with Gasteiger partial charge in [0.15, 0.2) is 5.69 Å². The van der Waals surface area contributed by atoms with Gasteiger partial charge in [-0.3, -0.25) is 9.78 Å². The largest absolute Gasteiger partial charge is 0.444 e. The van der Waals surface area contributed by atoms with E-state index in [-0.39, 0.29) is 18.0 Å². The first-order chi connectivity index (χ1) is 18.0. The van der Waals surface area contributed by atoms with Crippen molar-refractivity contribution in [3.05, 3.63) is 46.5 Å². The molecule has 3 aromatic rings. The van der Waals surface area contributed by atoms with Gasteiger partial charge < -0.3 is 20.3 Å². The van der Waals surface area contributed by atoms with E-state index < -0.39 is 11.4 Å². The smallest absolute Gasteiger partial charge is 0.410 e. The van der Waals surface area contributed by atoms with Crippen LogP contribution in [0.3, 0.4) is 0 Å². The summed E-state index contributed by atoms with van der Waals surface area (Å²) in [6.45, 7) is 11.2. The lowest BCUT2D eigenvalue weighted by molar-refractivity contribution is 0.0181. The second-order valence-corrected chi connectivity index (χ2v) is 12.0. The van der Waals surface area contributed by atoms with E-state index in [2.05, 4.69) is 25.6 Å². The van der Waals surface area contributed by atoms with E-state index in [1.807, 2.05) is 40.7 Å². The van der Waals surface area contributed by atoms with E-state index in [0.717, 1.165) is 35.0 Å². The van der Waals surface area contributed by atoms with Gasteiger partial charge in [0.1, 0.15) is 11.4 Å². The molecule has 4 rings (SSSR count). The molecule has 0 spiro atoms. The van der Waals surface area contributed by atoms with E-state index in [4.69, 9.17) is 4.74 Å². The van der Waals surface area contributed by atoms with Crippen LogP contribution in [-0.4, -0.2) is 57.1 Å². The van der Waals surface area contributed by atoms with Gasteiger partial charge in [0.25, 0.3) is 5.91 Å². The van der Waals surface area contributed by atoms with Crippen LogP contribution in [0.2, 0.25) is 0 Å². The number of aromatic nitrogens is 3. The predicted molar refractivity (Wildman–Crippen MR) is 146 cm³/mol. The van der Waals surface area contributed by atoms with Crippen LogP contribution in [0.1, 0.15) is 73.9 Å². The number of amides is 2. The molecule has 0 aromatic carbocycles. The van der Waals surface area contributed by atoms with Crippen molar-refractivity contribution in [1.82, 2.24) is 25.2 Å². The van der Waals surface area contributed by atoms with Crippen LogP contribution in [0, 0.1) is 18.7 Å². The number of hydrogen-bond acceptors (Lipinski definition) is 8. The molecule has 0 bridgehead atoms. The Morgan fingerprint density at radius 3 is 2.63 bits per heavy atom. The first-order valence-electron chi connectivity index (χ1n) is 12.9. The lowest BCUT2D eigenvalue weighted by atomic mass is 9.94. The molecule has 4 heterocycles. The molecule has 2 amide bonds. The fourth-order valence-corrected chi connectivity index (χ4v) is 5.35. The molecule has 11 heteroatoms. The monoisotopic (exact) mass is 542 g/mol. The molecule has 2 N–H and O–H groups in total. The molecule has 0 radical (unpaired) electrons. The molecule has 3 aromatic heterocycles. The number of nitrogens with zero attached hydrogens (tertiary/aromatic N) is 4. The summed E-state index contributed by atoms with van der Waals surface area (Å²) in [5.74, 6) is 0.0400. The maximum Gasteiger partial charge on any atom is 0.410 e. The number of ether oxygens (including phenoxy) is 1. The van der Waals surface area contributed by atoms with Crippen LogP contribution in [0.25, 0.3) is 10.2 Å². The minimum atomic E-state index is -0.504. The first-order valence-corrected chi connectivity index (χ1v) is 13.7. The lowest BCUT2D eigenvalue weighted by Gasteiger charge is -2.33. The molecular formula is C27H35FN6O3S. The molecule has 1 unspecified atom stereocenters. The first kappa shape index (κ1) is 27.7. The Kier molecular flexibility index (Phi) is 8.44. The summed E-state index contributed by atoms with van der Waals surface area (Å²) in [6.07, 6.45) is 5.03. The zero-order valence-electron chi connectivity index (χ0n) is 22.5. The molecule has 0 saturated carbocycles. The Morgan fingerprint density at radius 2 is 1.95 bits per heavy atom. The third kappa shape index (κ3) is 7.15. The molecule has 0 aliphatic carbocycles. The molecule has 9 nitrogen and oxygen atoms in total. The van der Waals surface area contributed by atoms with Gasteiger partial charge in [-0.05, 0) is 77.5 Å². The van der Waals surface area contributed by atoms with Crippen LogP contribution in [0.4, 0.5) is 15.1 Å². The normalized spacial score (nSPS) is 15.4. The molecular weight excluding hydrogens is 507 g/mol. The van der Waals surface area contributed by atoms with E-state index in [9.17, 15) is 14.0 Å². The van der Waals surface area contributed by atoms with E-state index in [0.29, 0.717) is 48.3 Å². The van der Waals surface area contributed by atoms with Crippen molar-refractivity contribution in [3.63, 3.8) is 0 Å². The average molecular weight is 543 g/mol. The molecule has 1 aliphatic heterocycles. The van der Waals surface area contributed by atoms with Crippen LogP contribution in [-0.2, 0) is 4.74 Å². The Bertz CT molecular complexity index is 1300. The lowest BCUT2D eigenvalue weighted by Crippen LogP contribution is -2.42. The standard InChI is InChI=1S/C27H35FN6O3S/c1-16-12-21-23(38-16)22(33-25(32-21)31-17(2)19-13-20(28)15-29-14-19)24(35)30-9-6-18-7-10-34(11-8-18)26(36)37-27(3,4)5/h12-15,17-18H,6-11H2,1-5H3,(H,30,35)(H,31,32,33). The molecule has 1 atom stereocenters. The fourth-order valence-electron chi connectivity index (χ4n) is 4.41. The summed E-state index contributed by atoms with van der Waals surface area (Å²) in [4.78, 5) is 41.3. The highest BCUT2D eigenvalue weighted by molar-refractivity contribution is 7.19. The number of anilines is 1. The number of nitrogens with one attached hydrogen (secondary N) is 2. The van der Waals surface area contributed by atoms with Gasteiger partial charge in [0, 0.05) is 30.7 Å². The summed E-state index contributed by atoms with van der Waals surface area (Å²) in [5.41, 5.74) is 1.16. The van der Waals surface area contributed by atoms with Gasteiger partial charge >= 0.3 is 6.09 Å². The average Bonchev–Trinajstić information content (AvgIpc) is 3.22. The number of hydrogen-bond donors (Lipinski definition) is 2. The topological polar surface area (TPSA) is 109 Å². The highest BCUT2D eigenvalue weighted by atomic mass is 32.1. The SMILES string of the molecule is Cc1cc2nc(NC(C)c3cncc(F)c3)nc(C(=O)NCCC3CCN(C(=O)OC(C)(C)C)CC3)c2s1. The minimum Gasteiger partial charge on any atom is -0.444 e. The van der Waals surface area contributed by atoms with E-state index in [1.54, 1.807) is 11.1 Å². The summed E-state index contributed by atoms with van der Waals surface area (Å²) in [7, 11) is 0. The molecule has 38 heavy (non-hydrogen) atoms. The summed E-state index contributed by atoms with van der Waals surface area (Å²) >= 11 is 1.48. The van der Waals surface area contributed by atoms with Crippen molar-refractivity contribution < 1.29 is 18.7 Å². The number of pyridine rings is 1. The quantitative estimate of drug-likeness (QED) is 0.407. The highest BCUT2D eigenvalue weighted by Gasteiger charge is 2.27. The molecule has 1 saturated heterocycles. The highest BCUT2D eigenvalue weighted by Crippen LogP contribution is 2.29. The summed E-state index contributed by atoms with van der Waals surface area (Å²) < 4.78 is 19.8. The van der Waals surface area contributed by atoms with Crippen molar-refractivity contribution in [2.75, 3.05) is 25.0 Å². The Hall–Kier alpha value is -3.34. The number of carbonyl (C=O) groups excluding carboxylic acids is 2. The second-order valence-electron chi connectivity index (χ2n) is 10.7. The van der Waals surface area contributed by atoms with Crippen molar-refractivity contribution in [3.8, 4) is 0 Å². The minimum absolute atomic E-state index is 0.256. The van der Waals surface area contributed by atoms with E-state index in [1.165, 1.54) is 17.4 Å². The number of aryl methyl sites for hydroxylation is 1. The maximum absolute atomic E-state index is 13.6. The van der Waals surface area contributed by atoms with Crippen molar-refractivity contribution in [1.29, 1.82) is 0 Å².